The van der Waals surface area contributed by atoms with Crippen LogP contribution in [0.25, 0.3) is 0 Å². The molecule has 2 N–H and O–H groups in total. The van der Waals surface area contributed by atoms with Crippen LogP contribution in [0.5, 0.6) is 5.75 Å². The lowest BCUT2D eigenvalue weighted by molar-refractivity contribution is -0.123. The van der Waals surface area contributed by atoms with Gasteiger partial charge in [-0.05, 0) is 48.5 Å². The number of halogens is 1. The minimum atomic E-state index is -0.594. The van der Waals surface area contributed by atoms with Gasteiger partial charge in [0.1, 0.15) is 11.6 Å². The van der Waals surface area contributed by atoms with Crippen LogP contribution in [-0.4, -0.2) is 31.5 Å². The molecule has 0 aliphatic heterocycles. The molecule has 0 bridgehead atoms. The molecular weight excluding hydrogens is 331 g/mol. The molecular formula is C17H15FN2O5. The maximum absolute atomic E-state index is 12.7. The maximum atomic E-state index is 12.7. The van der Waals surface area contributed by atoms with Crippen LogP contribution in [0.15, 0.2) is 48.5 Å². The Morgan fingerprint density at radius 1 is 0.920 bits per heavy atom. The van der Waals surface area contributed by atoms with Crippen LogP contribution in [0, 0.1) is 5.82 Å². The van der Waals surface area contributed by atoms with Crippen molar-refractivity contribution in [3.8, 4) is 5.75 Å². The molecule has 7 nitrogen and oxygen atoms in total. The molecule has 0 atom stereocenters. The summed E-state index contributed by atoms with van der Waals surface area (Å²) < 4.78 is 22.4. The SMILES string of the molecule is COC(=O)c1ccc(C(=O)NNC(=O)COc2ccc(F)cc2)cc1. The third-order valence-corrected chi connectivity index (χ3v) is 3.07. The van der Waals surface area contributed by atoms with Gasteiger partial charge in [-0.3, -0.25) is 20.4 Å². The fourth-order valence-corrected chi connectivity index (χ4v) is 1.79. The molecule has 2 rings (SSSR count). The Hall–Kier alpha value is -3.42. The number of hydrogen-bond acceptors (Lipinski definition) is 5. The van der Waals surface area contributed by atoms with Gasteiger partial charge in [0.25, 0.3) is 11.8 Å². The van der Waals surface area contributed by atoms with Crippen molar-refractivity contribution in [1.82, 2.24) is 10.9 Å². The summed E-state index contributed by atoms with van der Waals surface area (Å²) in [7, 11) is 1.26. The minimum absolute atomic E-state index is 0.243. The average Bonchev–Trinajstić information content (AvgIpc) is 2.65. The molecule has 0 fully saturated rings. The van der Waals surface area contributed by atoms with Crippen LogP contribution < -0.4 is 15.6 Å². The van der Waals surface area contributed by atoms with Gasteiger partial charge in [0, 0.05) is 5.56 Å². The van der Waals surface area contributed by atoms with Crippen LogP contribution in [0.2, 0.25) is 0 Å². The highest BCUT2D eigenvalue weighted by atomic mass is 19.1. The Labute approximate surface area is 142 Å². The normalized spacial score (nSPS) is 9.84. The second-order valence-electron chi connectivity index (χ2n) is 4.81. The van der Waals surface area contributed by atoms with E-state index in [9.17, 15) is 18.8 Å². The van der Waals surface area contributed by atoms with E-state index in [2.05, 4.69) is 15.6 Å². The number of hydrazine groups is 1. The average molecular weight is 346 g/mol. The maximum Gasteiger partial charge on any atom is 0.337 e. The summed E-state index contributed by atoms with van der Waals surface area (Å²) in [5, 5.41) is 0. The summed E-state index contributed by atoms with van der Waals surface area (Å²) in [5.41, 5.74) is 4.94. The monoisotopic (exact) mass is 346 g/mol. The summed E-state index contributed by atoms with van der Waals surface area (Å²) in [6, 6.07) is 10.9. The Morgan fingerprint density at radius 3 is 2.12 bits per heavy atom. The second kappa shape index (κ2) is 8.44. The van der Waals surface area contributed by atoms with Gasteiger partial charge in [-0.15, -0.1) is 0 Å². The van der Waals surface area contributed by atoms with E-state index < -0.39 is 23.6 Å². The second-order valence-corrected chi connectivity index (χ2v) is 4.81. The van der Waals surface area contributed by atoms with Crippen LogP contribution in [0.1, 0.15) is 20.7 Å². The van der Waals surface area contributed by atoms with Crippen molar-refractivity contribution in [1.29, 1.82) is 0 Å². The molecule has 2 aromatic rings. The Bertz CT molecular complexity index is 760. The number of rotatable bonds is 5. The summed E-state index contributed by atoms with van der Waals surface area (Å²) >= 11 is 0. The van der Waals surface area contributed by atoms with Crippen molar-refractivity contribution < 1.29 is 28.2 Å². The molecule has 2 aromatic carbocycles. The molecule has 0 aromatic heterocycles. The fourth-order valence-electron chi connectivity index (χ4n) is 1.79. The number of ether oxygens (including phenoxy) is 2. The third kappa shape index (κ3) is 5.31. The van der Waals surface area contributed by atoms with Crippen molar-refractivity contribution >= 4 is 17.8 Å². The highest BCUT2D eigenvalue weighted by Gasteiger charge is 2.10. The summed E-state index contributed by atoms with van der Waals surface area (Å²) in [4.78, 5) is 34.8. The lowest BCUT2D eigenvalue weighted by Crippen LogP contribution is -2.43. The van der Waals surface area contributed by atoms with Gasteiger partial charge in [-0.2, -0.15) is 0 Å². The summed E-state index contributed by atoms with van der Waals surface area (Å²) in [6.07, 6.45) is 0. The number of amides is 2. The molecule has 25 heavy (non-hydrogen) atoms. The van der Waals surface area contributed by atoms with Crippen LogP contribution in [0.3, 0.4) is 0 Å². The molecule has 0 spiro atoms. The summed E-state index contributed by atoms with van der Waals surface area (Å²) in [6.45, 7) is -0.354. The number of esters is 1. The van der Waals surface area contributed by atoms with E-state index in [0.717, 1.165) is 0 Å². The molecule has 0 unspecified atom stereocenters. The topological polar surface area (TPSA) is 93.7 Å². The molecule has 0 saturated carbocycles. The first-order chi connectivity index (χ1) is 12.0. The van der Waals surface area contributed by atoms with Gasteiger partial charge in [0.15, 0.2) is 6.61 Å². The molecule has 0 heterocycles. The van der Waals surface area contributed by atoms with Crippen molar-refractivity contribution in [2.45, 2.75) is 0 Å². The van der Waals surface area contributed by atoms with Crippen LogP contribution in [-0.2, 0) is 9.53 Å². The zero-order valence-electron chi connectivity index (χ0n) is 13.2. The zero-order chi connectivity index (χ0) is 18.2. The molecule has 0 aliphatic carbocycles. The number of carbonyl (C=O) groups is 3. The van der Waals surface area contributed by atoms with Gasteiger partial charge < -0.3 is 9.47 Å². The Kier molecular flexibility index (Phi) is 6.05. The van der Waals surface area contributed by atoms with Crippen LogP contribution in [0.4, 0.5) is 4.39 Å². The highest BCUT2D eigenvalue weighted by molar-refractivity contribution is 5.97. The van der Waals surface area contributed by atoms with Crippen molar-refractivity contribution in [2.24, 2.45) is 0 Å². The Morgan fingerprint density at radius 2 is 1.52 bits per heavy atom. The van der Waals surface area contributed by atoms with E-state index >= 15 is 0 Å². The highest BCUT2D eigenvalue weighted by Crippen LogP contribution is 2.10. The predicted octanol–water partition coefficient (Wildman–Crippen LogP) is 1.45. The molecule has 0 saturated heterocycles. The van der Waals surface area contributed by atoms with Gasteiger partial charge >= 0.3 is 5.97 Å². The standard InChI is InChI=1S/C17H15FN2O5/c1-24-17(23)12-4-2-11(3-5-12)16(22)20-19-15(21)10-25-14-8-6-13(18)7-9-14/h2-9H,10H2,1H3,(H,19,21)(H,20,22). The predicted molar refractivity (Wildman–Crippen MR) is 85.3 cm³/mol. The fraction of sp³-hybridized carbons (Fsp3) is 0.118. The molecule has 130 valence electrons. The lowest BCUT2D eigenvalue weighted by atomic mass is 10.1. The van der Waals surface area contributed by atoms with E-state index in [1.807, 2.05) is 0 Å². The largest absolute Gasteiger partial charge is 0.484 e. The first-order valence-corrected chi connectivity index (χ1v) is 7.15. The quantitative estimate of drug-likeness (QED) is 0.631. The summed E-state index contributed by atoms with van der Waals surface area (Å²) in [5.74, 6) is -1.77. The number of nitrogens with one attached hydrogen (secondary N) is 2. The van der Waals surface area contributed by atoms with E-state index in [-0.39, 0.29) is 12.2 Å². The molecule has 0 aliphatic rings. The number of benzene rings is 2. The van der Waals surface area contributed by atoms with Gasteiger partial charge in [-0.25, -0.2) is 9.18 Å². The third-order valence-electron chi connectivity index (χ3n) is 3.07. The van der Waals surface area contributed by atoms with E-state index in [0.29, 0.717) is 11.3 Å². The number of hydrogen-bond donors (Lipinski definition) is 2. The van der Waals surface area contributed by atoms with Crippen molar-refractivity contribution in [3.63, 3.8) is 0 Å². The number of methoxy groups -OCH3 is 1. The first-order valence-electron chi connectivity index (χ1n) is 7.15. The molecule has 0 radical (unpaired) electrons. The van der Waals surface area contributed by atoms with Crippen molar-refractivity contribution in [2.75, 3.05) is 13.7 Å². The first kappa shape index (κ1) is 17.9. The van der Waals surface area contributed by atoms with E-state index in [1.165, 1.54) is 55.6 Å². The van der Waals surface area contributed by atoms with Gasteiger partial charge in [0.2, 0.25) is 0 Å². The van der Waals surface area contributed by atoms with Gasteiger partial charge in [-0.1, -0.05) is 0 Å². The van der Waals surface area contributed by atoms with Gasteiger partial charge in [0.05, 0.1) is 12.7 Å². The Balaban J connectivity index is 1.79. The van der Waals surface area contributed by atoms with Crippen LogP contribution >= 0.6 is 0 Å². The van der Waals surface area contributed by atoms with E-state index in [4.69, 9.17) is 4.74 Å². The number of carbonyl (C=O) groups excluding carboxylic acids is 3. The molecule has 2 amide bonds. The van der Waals surface area contributed by atoms with Crippen molar-refractivity contribution in [3.05, 3.63) is 65.5 Å². The zero-order valence-corrected chi connectivity index (χ0v) is 13.2. The minimum Gasteiger partial charge on any atom is -0.484 e. The smallest absolute Gasteiger partial charge is 0.337 e. The van der Waals surface area contributed by atoms with E-state index in [1.54, 1.807) is 0 Å². The lowest BCUT2D eigenvalue weighted by Gasteiger charge is -2.09. The molecule has 8 heteroatoms.